The Kier molecular flexibility index (Phi) is 3.81. The number of benzene rings is 1. The maximum atomic E-state index is 11.9. The van der Waals surface area contributed by atoms with E-state index >= 15 is 0 Å². The zero-order valence-corrected chi connectivity index (χ0v) is 10.0. The Labute approximate surface area is 102 Å². The molecule has 0 spiro atoms. The molecule has 1 aliphatic heterocycles. The van der Waals surface area contributed by atoms with Gasteiger partial charge in [-0.15, -0.1) is 0 Å². The lowest BCUT2D eigenvalue weighted by Crippen LogP contribution is -2.40. The summed E-state index contributed by atoms with van der Waals surface area (Å²) in [6, 6.07) is 9.86. The molecule has 2 rings (SSSR count). The zero-order chi connectivity index (χ0) is 12.1. The van der Waals surface area contributed by atoms with E-state index in [-0.39, 0.29) is 12.1 Å². The van der Waals surface area contributed by atoms with Gasteiger partial charge in [-0.3, -0.25) is 0 Å². The van der Waals surface area contributed by atoms with Gasteiger partial charge < -0.3 is 9.64 Å². The lowest BCUT2D eigenvalue weighted by atomic mass is 10.1. The quantitative estimate of drug-likeness (QED) is 0.732. The first kappa shape index (κ1) is 11.7. The van der Waals surface area contributed by atoms with Crippen molar-refractivity contribution in [3.63, 3.8) is 0 Å². The average Bonchev–Trinajstić information content (AvgIpc) is 2.38. The largest absolute Gasteiger partial charge is 0.445 e. The van der Waals surface area contributed by atoms with E-state index in [1.54, 1.807) is 4.90 Å². The van der Waals surface area contributed by atoms with Gasteiger partial charge in [-0.05, 0) is 18.9 Å². The number of hydrogen-bond donors (Lipinski definition) is 0. The fourth-order valence-electron chi connectivity index (χ4n) is 1.87. The number of ether oxygens (including phenoxy) is 1. The Morgan fingerprint density at radius 1 is 1.41 bits per heavy atom. The third kappa shape index (κ3) is 3.09. The summed E-state index contributed by atoms with van der Waals surface area (Å²) in [4.78, 5) is 13.6. The van der Waals surface area contributed by atoms with Crippen LogP contribution >= 0.6 is 0 Å². The van der Waals surface area contributed by atoms with Crippen molar-refractivity contribution in [2.75, 3.05) is 6.54 Å². The third-order valence-corrected chi connectivity index (χ3v) is 2.88. The first-order chi connectivity index (χ1) is 8.27. The van der Waals surface area contributed by atoms with Crippen LogP contribution in [0.1, 0.15) is 18.9 Å². The van der Waals surface area contributed by atoms with E-state index in [0.29, 0.717) is 6.61 Å². The van der Waals surface area contributed by atoms with Gasteiger partial charge in [-0.1, -0.05) is 42.5 Å². The third-order valence-electron chi connectivity index (χ3n) is 2.88. The van der Waals surface area contributed by atoms with Crippen molar-refractivity contribution in [1.29, 1.82) is 0 Å². The Balaban J connectivity index is 1.87. The summed E-state index contributed by atoms with van der Waals surface area (Å²) < 4.78 is 5.29. The van der Waals surface area contributed by atoms with E-state index in [4.69, 9.17) is 4.74 Å². The van der Waals surface area contributed by atoms with Crippen molar-refractivity contribution in [3.05, 3.63) is 48.0 Å². The van der Waals surface area contributed by atoms with Crippen LogP contribution < -0.4 is 0 Å². The molecule has 17 heavy (non-hydrogen) atoms. The molecule has 0 aromatic heterocycles. The number of carbonyl (C=O) groups is 1. The van der Waals surface area contributed by atoms with Crippen LogP contribution in [0.4, 0.5) is 4.79 Å². The summed E-state index contributed by atoms with van der Waals surface area (Å²) in [7, 11) is 0. The fraction of sp³-hybridized carbons (Fsp3) is 0.357. The van der Waals surface area contributed by atoms with Crippen molar-refractivity contribution in [1.82, 2.24) is 4.90 Å². The van der Waals surface area contributed by atoms with E-state index in [1.807, 2.05) is 43.3 Å². The lowest BCUT2D eigenvalue weighted by Gasteiger charge is -2.28. The maximum Gasteiger partial charge on any atom is 0.410 e. The van der Waals surface area contributed by atoms with E-state index in [1.165, 1.54) is 0 Å². The van der Waals surface area contributed by atoms with Gasteiger partial charge in [0.25, 0.3) is 0 Å². The molecule has 1 aromatic carbocycles. The summed E-state index contributed by atoms with van der Waals surface area (Å²) in [6.45, 7) is 3.08. The number of hydrogen-bond acceptors (Lipinski definition) is 2. The molecule has 1 heterocycles. The summed E-state index contributed by atoms with van der Waals surface area (Å²) in [5.74, 6) is 0. The summed E-state index contributed by atoms with van der Waals surface area (Å²) in [5, 5.41) is 0. The van der Waals surface area contributed by atoms with Crippen LogP contribution in [0.25, 0.3) is 0 Å². The van der Waals surface area contributed by atoms with Crippen molar-refractivity contribution in [2.45, 2.75) is 26.0 Å². The number of carbonyl (C=O) groups excluding carboxylic acids is 1. The second-order valence-corrected chi connectivity index (χ2v) is 4.19. The molecule has 1 unspecified atom stereocenters. The molecule has 3 heteroatoms. The second kappa shape index (κ2) is 5.53. The Hall–Kier alpha value is -1.77. The highest BCUT2D eigenvalue weighted by atomic mass is 16.6. The predicted molar refractivity (Wildman–Crippen MR) is 66.6 cm³/mol. The normalized spacial score (nSPS) is 19.1. The molecule has 1 amide bonds. The summed E-state index contributed by atoms with van der Waals surface area (Å²) >= 11 is 0. The minimum absolute atomic E-state index is 0.132. The van der Waals surface area contributed by atoms with Gasteiger partial charge in [0, 0.05) is 6.54 Å². The summed E-state index contributed by atoms with van der Waals surface area (Å²) in [5.41, 5.74) is 1.01. The standard InChI is InChI=1S/C14H17NO2/c1-12-7-5-6-10-15(12)14(16)17-11-13-8-3-2-4-9-13/h2-5,7-9,12H,6,10-11H2,1H3. The molecule has 3 nitrogen and oxygen atoms in total. The molecule has 90 valence electrons. The Morgan fingerprint density at radius 3 is 2.88 bits per heavy atom. The van der Waals surface area contributed by atoms with Gasteiger partial charge in [0.1, 0.15) is 6.61 Å². The smallest absolute Gasteiger partial charge is 0.410 e. The van der Waals surface area contributed by atoms with Gasteiger partial charge in [0.05, 0.1) is 6.04 Å². The monoisotopic (exact) mass is 231 g/mol. The van der Waals surface area contributed by atoms with Crippen molar-refractivity contribution in [2.24, 2.45) is 0 Å². The molecule has 0 radical (unpaired) electrons. The van der Waals surface area contributed by atoms with Crippen LogP contribution in [0.15, 0.2) is 42.5 Å². The van der Waals surface area contributed by atoms with Crippen LogP contribution in [0, 0.1) is 0 Å². The van der Waals surface area contributed by atoms with Crippen molar-refractivity contribution >= 4 is 6.09 Å². The molecular formula is C14H17NO2. The molecular weight excluding hydrogens is 214 g/mol. The first-order valence-corrected chi connectivity index (χ1v) is 5.91. The average molecular weight is 231 g/mol. The lowest BCUT2D eigenvalue weighted by molar-refractivity contribution is 0.0886. The maximum absolute atomic E-state index is 11.9. The number of amides is 1. The van der Waals surface area contributed by atoms with Gasteiger partial charge in [0.15, 0.2) is 0 Å². The van der Waals surface area contributed by atoms with Crippen molar-refractivity contribution in [3.8, 4) is 0 Å². The highest BCUT2D eigenvalue weighted by Crippen LogP contribution is 2.12. The van der Waals surface area contributed by atoms with Gasteiger partial charge in [0.2, 0.25) is 0 Å². The van der Waals surface area contributed by atoms with Gasteiger partial charge in [-0.2, -0.15) is 0 Å². The second-order valence-electron chi connectivity index (χ2n) is 4.19. The van der Waals surface area contributed by atoms with E-state index < -0.39 is 0 Å². The minimum atomic E-state index is -0.231. The fourth-order valence-corrected chi connectivity index (χ4v) is 1.87. The number of nitrogens with zero attached hydrogens (tertiary/aromatic N) is 1. The van der Waals surface area contributed by atoms with Crippen molar-refractivity contribution < 1.29 is 9.53 Å². The molecule has 1 atom stereocenters. The highest BCUT2D eigenvalue weighted by Gasteiger charge is 2.21. The Morgan fingerprint density at radius 2 is 2.18 bits per heavy atom. The van der Waals surface area contributed by atoms with E-state index in [9.17, 15) is 4.79 Å². The van der Waals surface area contributed by atoms with E-state index in [2.05, 4.69) is 6.08 Å². The molecule has 1 aromatic rings. The first-order valence-electron chi connectivity index (χ1n) is 5.91. The topological polar surface area (TPSA) is 29.5 Å². The molecule has 1 aliphatic rings. The molecule has 0 saturated carbocycles. The predicted octanol–water partition coefficient (Wildman–Crippen LogP) is 2.97. The molecule has 0 saturated heterocycles. The molecule has 0 N–H and O–H groups in total. The minimum Gasteiger partial charge on any atom is -0.445 e. The van der Waals surface area contributed by atoms with Crippen LogP contribution in [0.2, 0.25) is 0 Å². The SMILES string of the molecule is CC1C=CCCN1C(=O)OCc1ccccc1. The highest BCUT2D eigenvalue weighted by molar-refractivity contribution is 5.68. The van der Waals surface area contributed by atoms with E-state index in [0.717, 1.165) is 18.5 Å². The zero-order valence-electron chi connectivity index (χ0n) is 10.0. The van der Waals surface area contributed by atoms with Crippen LogP contribution in [0.3, 0.4) is 0 Å². The molecule has 0 fully saturated rings. The van der Waals surface area contributed by atoms with Crippen LogP contribution in [-0.4, -0.2) is 23.6 Å². The van der Waals surface area contributed by atoms with Gasteiger partial charge in [-0.25, -0.2) is 4.79 Å². The number of rotatable bonds is 2. The molecule has 0 bridgehead atoms. The Bertz CT molecular complexity index is 400. The van der Waals surface area contributed by atoms with Crippen LogP contribution in [0.5, 0.6) is 0 Å². The van der Waals surface area contributed by atoms with Gasteiger partial charge >= 0.3 is 6.09 Å². The van der Waals surface area contributed by atoms with Crippen LogP contribution in [-0.2, 0) is 11.3 Å². The summed E-state index contributed by atoms with van der Waals surface area (Å²) in [6.07, 6.45) is 4.81. The molecule has 0 aliphatic carbocycles.